The van der Waals surface area contributed by atoms with E-state index >= 15 is 0 Å². The van der Waals surface area contributed by atoms with Crippen LogP contribution in [0.15, 0.2) is 18.2 Å². The van der Waals surface area contributed by atoms with Gasteiger partial charge in [-0.25, -0.2) is 4.79 Å². The molecule has 0 aromatic heterocycles. The van der Waals surface area contributed by atoms with Gasteiger partial charge in [-0.3, -0.25) is 0 Å². The Morgan fingerprint density at radius 3 is 2.55 bits per heavy atom. The smallest absolute Gasteiger partial charge is 0.340 e. The fourth-order valence-electron chi connectivity index (χ4n) is 1.98. The summed E-state index contributed by atoms with van der Waals surface area (Å²) in [6.07, 6.45) is 0. The van der Waals surface area contributed by atoms with Gasteiger partial charge in [0.1, 0.15) is 0 Å². The number of benzene rings is 1. The Hall–Kier alpha value is -1.75. The number of carbonyl (C=O) groups excluding carboxylic acids is 1. The van der Waals surface area contributed by atoms with Crippen LogP contribution in [-0.4, -0.2) is 44.7 Å². The van der Waals surface area contributed by atoms with Crippen molar-refractivity contribution >= 4 is 17.3 Å². The standard InChI is InChI=1S/C15H25N3O2/c1-10(2)14(9-18(3)4)17-13-7-6-11(16)8-12(13)15(19)20-5/h6-8,10,14,17H,9,16H2,1-5H3. The SMILES string of the molecule is COC(=O)c1cc(N)ccc1NC(CN(C)C)C(C)C. The summed E-state index contributed by atoms with van der Waals surface area (Å²) < 4.78 is 4.81. The molecule has 1 aromatic rings. The number of rotatable bonds is 6. The lowest BCUT2D eigenvalue weighted by Gasteiger charge is -2.27. The van der Waals surface area contributed by atoms with Gasteiger partial charge in [0, 0.05) is 24.0 Å². The van der Waals surface area contributed by atoms with Crippen molar-refractivity contribution in [2.75, 3.05) is 38.8 Å². The van der Waals surface area contributed by atoms with E-state index in [1.54, 1.807) is 12.1 Å². The molecule has 0 spiro atoms. The summed E-state index contributed by atoms with van der Waals surface area (Å²) in [5.74, 6) is 0.0487. The summed E-state index contributed by atoms with van der Waals surface area (Å²) in [6, 6.07) is 5.48. The Bertz CT molecular complexity index is 458. The van der Waals surface area contributed by atoms with Crippen LogP contribution in [0.5, 0.6) is 0 Å². The fraction of sp³-hybridized carbons (Fsp3) is 0.533. The van der Waals surface area contributed by atoms with Crippen LogP contribution in [0.3, 0.4) is 0 Å². The predicted molar refractivity (Wildman–Crippen MR) is 83.0 cm³/mol. The number of methoxy groups -OCH3 is 1. The van der Waals surface area contributed by atoms with Gasteiger partial charge in [0.05, 0.1) is 12.7 Å². The fourth-order valence-corrected chi connectivity index (χ4v) is 1.98. The summed E-state index contributed by atoms with van der Waals surface area (Å²) >= 11 is 0. The first-order valence-electron chi connectivity index (χ1n) is 6.74. The maximum atomic E-state index is 11.8. The van der Waals surface area contributed by atoms with Crippen molar-refractivity contribution in [1.29, 1.82) is 0 Å². The molecule has 0 aliphatic heterocycles. The number of carbonyl (C=O) groups is 1. The number of nitrogens with two attached hydrogens (primary N) is 1. The van der Waals surface area contributed by atoms with Crippen molar-refractivity contribution < 1.29 is 9.53 Å². The van der Waals surface area contributed by atoms with E-state index in [-0.39, 0.29) is 12.0 Å². The lowest BCUT2D eigenvalue weighted by atomic mass is 10.0. The third-order valence-corrected chi connectivity index (χ3v) is 3.16. The van der Waals surface area contributed by atoms with Crippen LogP contribution >= 0.6 is 0 Å². The zero-order valence-electron chi connectivity index (χ0n) is 12.9. The summed E-state index contributed by atoms with van der Waals surface area (Å²) in [7, 11) is 5.43. The maximum Gasteiger partial charge on any atom is 0.340 e. The van der Waals surface area contributed by atoms with Gasteiger partial charge >= 0.3 is 5.97 Å². The zero-order valence-corrected chi connectivity index (χ0v) is 12.9. The number of likely N-dealkylation sites (N-methyl/N-ethyl adjacent to an activating group) is 1. The second-order valence-corrected chi connectivity index (χ2v) is 5.55. The minimum Gasteiger partial charge on any atom is -0.465 e. The molecule has 20 heavy (non-hydrogen) atoms. The summed E-state index contributed by atoms with van der Waals surface area (Å²) in [6.45, 7) is 5.18. The van der Waals surface area contributed by atoms with Crippen molar-refractivity contribution in [2.24, 2.45) is 5.92 Å². The van der Waals surface area contributed by atoms with E-state index < -0.39 is 0 Å². The number of hydrogen-bond donors (Lipinski definition) is 2. The Balaban J connectivity index is 3.02. The molecular weight excluding hydrogens is 254 g/mol. The minimum atomic E-state index is -0.382. The molecule has 0 radical (unpaired) electrons. The van der Waals surface area contributed by atoms with Crippen molar-refractivity contribution in [3.05, 3.63) is 23.8 Å². The molecular formula is C15H25N3O2. The lowest BCUT2D eigenvalue weighted by Crippen LogP contribution is -2.36. The van der Waals surface area contributed by atoms with Crippen LogP contribution in [0, 0.1) is 5.92 Å². The first-order chi connectivity index (χ1) is 9.35. The van der Waals surface area contributed by atoms with Gasteiger partial charge < -0.3 is 20.7 Å². The molecule has 5 heteroatoms. The lowest BCUT2D eigenvalue weighted by molar-refractivity contribution is 0.0602. The van der Waals surface area contributed by atoms with Gasteiger partial charge in [-0.15, -0.1) is 0 Å². The van der Waals surface area contributed by atoms with E-state index in [9.17, 15) is 4.79 Å². The van der Waals surface area contributed by atoms with Gasteiger partial charge in [0.25, 0.3) is 0 Å². The van der Waals surface area contributed by atoms with Gasteiger partial charge in [0.15, 0.2) is 0 Å². The number of nitrogens with one attached hydrogen (secondary N) is 1. The highest BCUT2D eigenvalue weighted by Crippen LogP contribution is 2.22. The highest BCUT2D eigenvalue weighted by Gasteiger charge is 2.18. The van der Waals surface area contributed by atoms with Crippen LogP contribution in [-0.2, 0) is 4.74 Å². The first kappa shape index (κ1) is 16.3. The molecule has 0 heterocycles. The Kier molecular flexibility index (Phi) is 5.82. The van der Waals surface area contributed by atoms with Crippen LogP contribution in [0.25, 0.3) is 0 Å². The van der Waals surface area contributed by atoms with Crippen molar-refractivity contribution in [2.45, 2.75) is 19.9 Å². The van der Waals surface area contributed by atoms with E-state index in [1.165, 1.54) is 7.11 Å². The molecule has 0 amide bonds. The predicted octanol–water partition coefficient (Wildman–Crippen LogP) is 2.05. The molecule has 1 unspecified atom stereocenters. The molecule has 1 atom stereocenters. The average molecular weight is 279 g/mol. The molecule has 0 aliphatic carbocycles. The number of esters is 1. The zero-order chi connectivity index (χ0) is 15.3. The normalized spacial score (nSPS) is 12.6. The first-order valence-corrected chi connectivity index (χ1v) is 6.74. The summed E-state index contributed by atoms with van der Waals surface area (Å²) in [5, 5.41) is 3.42. The second-order valence-electron chi connectivity index (χ2n) is 5.55. The number of hydrogen-bond acceptors (Lipinski definition) is 5. The highest BCUT2D eigenvalue weighted by atomic mass is 16.5. The average Bonchev–Trinajstić information content (AvgIpc) is 2.38. The van der Waals surface area contributed by atoms with E-state index in [2.05, 4.69) is 24.1 Å². The highest BCUT2D eigenvalue weighted by molar-refractivity contribution is 5.96. The van der Waals surface area contributed by atoms with Crippen LogP contribution in [0.4, 0.5) is 11.4 Å². The molecule has 112 valence electrons. The van der Waals surface area contributed by atoms with E-state index in [4.69, 9.17) is 10.5 Å². The van der Waals surface area contributed by atoms with Crippen LogP contribution < -0.4 is 11.1 Å². The largest absolute Gasteiger partial charge is 0.465 e. The third kappa shape index (κ3) is 4.42. The monoisotopic (exact) mass is 279 g/mol. The maximum absolute atomic E-state index is 11.8. The molecule has 1 aromatic carbocycles. The molecule has 0 bridgehead atoms. The molecule has 0 saturated carbocycles. The molecule has 3 N–H and O–H groups in total. The van der Waals surface area contributed by atoms with Crippen molar-refractivity contribution in [3.8, 4) is 0 Å². The van der Waals surface area contributed by atoms with Gasteiger partial charge in [-0.05, 0) is 38.2 Å². The number of nitrogen functional groups attached to an aromatic ring is 1. The Morgan fingerprint density at radius 1 is 1.40 bits per heavy atom. The molecule has 0 aliphatic rings. The topological polar surface area (TPSA) is 67.6 Å². The second kappa shape index (κ2) is 7.14. The Labute approximate surface area is 121 Å². The quantitative estimate of drug-likeness (QED) is 0.616. The molecule has 0 saturated heterocycles. The number of nitrogens with zero attached hydrogens (tertiary/aromatic N) is 1. The van der Waals surface area contributed by atoms with Crippen molar-refractivity contribution in [3.63, 3.8) is 0 Å². The minimum absolute atomic E-state index is 0.233. The van der Waals surface area contributed by atoms with Crippen molar-refractivity contribution in [1.82, 2.24) is 4.90 Å². The third-order valence-electron chi connectivity index (χ3n) is 3.16. The van der Waals surface area contributed by atoms with Crippen LogP contribution in [0.2, 0.25) is 0 Å². The summed E-state index contributed by atoms with van der Waals surface area (Å²) in [4.78, 5) is 13.9. The number of anilines is 2. The molecule has 5 nitrogen and oxygen atoms in total. The molecule has 0 fully saturated rings. The van der Waals surface area contributed by atoms with E-state index in [0.29, 0.717) is 17.2 Å². The molecule has 1 rings (SSSR count). The van der Waals surface area contributed by atoms with Gasteiger partial charge in [0.2, 0.25) is 0 Å². The van der Waals surface area contributed by atoms with Gasteiger partial charge in [-0.2, -0.15) is 0 Å². The summed E-state index contributed by atoms with van der Waals surface area (Å²) in [5.41, 5.74) is 7.52. The Morgan fingerprint density at radius 2 is 2.05 bits per heavy atom. The van der Waals surface area contributed by atoms with Crippen LogP contribution in [0.1, 0.15) is 24.2 Å². The van der Waals surface area contributed by atoms with Gasteiger partial charge in [-0.1, -0.05) is 13.8 Å². The van der Waals surface area contributed by atoms with E-state index in [0.717, 1.165) is 12.2 Å². The van der Waals surface area contributed by atoms with E-state index in [1.807, 2.05) is 20.2 Å². The number of ether oxygens (including phenoxy) is 1.